The van der Waals surface area contributed by atoms with Gasteiger partial charge in [-0.15, -0.1) is 0 Å². The summed E-state index contributed by atoms with van der Waals surface area (Å²) in [5, 5.41) is 0.564. The third-order valence-corrected chi connectivity index (χ3v) is 5.54. The van der Waals surface area contributed by atoms with Gasteiger partial charge in [0.15, 0.2) is 17.3 Å². The van der Waals surface area contributed by atoms with E-state index in [1.54, 1.807) is 49.6 Å². The summed E-state index contributed by atoms with van der Waals surface area (Å²) in [6.07, 6.45) is 3.34. The van der Waals surface area contributed by atoms with Crippen molar-refractivity contribution in [1.29, 1.82) is 0 Å². The Balaban J connectivity index is 1.90. The number of benzene rings is 2. The lowest BCUT2D eigenvalue weighted by Gasteiger charge is -2.31. The van der Waals surface area contributed by atoms with Crippen LogP contribution in [0.4, 0.5) is 0 Å². The Hall–Kier alpha value is -2.31. The number of allylic oxidation sites excluding steroid dienone is 1. The zero-order valence-electron chi connectivity index (χ0n) is 15.4. The molecule has 0 spiro atoms. The number of ketones is 1. The van der Waals surface area contributed by atoms with Gasteiger partial charge in [-0.3, -0.25) is 9.59 Å². The topological polar surface area (TPSA) is 55.8 Å². The lowest BCUT2D eigenvalue weighted by atomic mass is 9.96. The molecule has 1 heterocycles. The van der Waals surface area contributed by atoms with E-state index in [9.17, 15) is 9.59 Å². The molecule has 3 rings (SSSR count). The van der Waals surface area contributed by atoms with E-state index in [0.29, 0.717) is 16.5 Å². The van der Waals surface area contributed by atoms with Gasteiger partial charge >= 0.3 is 0 Å². The first-order chi connectivity index (χ1) is 13.4. The molecule has 2 aromatic rings. The number of nitrogens with zero attached hydrogens (tertiary/aromatic N) is 1. The molecule has 5 nitrogen and oxygen atoms in total. The molecule has 0 fully saturated rings. The monoisotopic (exact) mass is 463 g/mol. The zero-order valence-corrected chi connectivity index (χ0v) is 17.8. The van der Waals surface area contributed by atoms with E-state index in [0.717, 1.165) is 15.6 Å². The fraction of sp³-hybridized carbons (Fsp3) is 0.238. The SMILES string of the molecule is COc1cc(Br)c(CC(=O)N2C=CC(=O)CC2c2cccc(Cl)c2)cc1OC. The number of methoxy groups -OCH3 is 2. The molecule has 0 saturated heterocycles. The summed E-state index contributed by atoms with van der Waals surface area (Å²) < 4.78 is 11.4. The average molecular weight is 465 g/mol. The van der Waals surface area contributed by atoms with Gasteiger partial charge in [0.25, 0.3) is 0 Å². The zero-order chi connectivity index (χ0) is 20.3. The fourth-order valence-electron chi connectivity index (χ4n) is 3.16. The van der Waals surface area contributed by atoms with Gasteiger partial charge in [0.2, 0.25) is 5.91 Å². The van der Waals surface area contributed by atoms with E-state index in [1.165, 1.54) is 6.08 Å². The Bertz CT molecular complexity index is 944. The molecular formula is C21H19BrClNO4. The normalized spacial score (nSPS) is 16.2. The molecule has 0 N–H and O–H groups in total. The van der Waals surface area contributed by atoms with Gasteiger partial charge in [0.1, 0.15) is 0 Å². The Morgan fingerprint density at radius 2 is 1.93 bits per heavy atom. The van der Waals surface area contributed by atoms with Crippen LogP contribution in [-0.4, -0.2) is 30.8 Å². The number of rotatable bonds is 5. The minimum absolute atomic E-state index is 0.0266. The minimum atomic E-state index is -0.386. The highest BCUT2D eigenvalue weighted by molar-refractivity contribution is 9.10. The molecule has 146 valence electrons. The van der Waals surface area contributed by atoms with E-state index in [-0.39, 0.29) is 30.6 Å². The van der Waals surface area contributed by atoms with Crippen LogP contribution in [0.1, 0.15) is 23.6 Å². The molecule has 0 aromatic heterocycles. The van der Waals surface area contributed by atoms with Gasteiger partial charge < -0.3 is 14.4 Å². The maximum absolute atomic E-state index is 13.1. The average Bonchev–Trinajstić information content (AvgIpc) is 2.69. The van der Waals surface area contributed by atoms with Crippen molar-refractivity contribution in [3.63, 3.8) is 0 Å². The Morgan fingerprint density at radius 1 is 1.21 bits per heavy atom. The van der Waals surface area contributed by atoms with Gasteiger partial charge in [-0.2, -0.15) is 0 Å². The first-order valence-corrected chi connectivity index (χ1v) is 9.78. The highest BCUT2D eigenvalue weighted by atomic mass is 79.9. The molecule has 1 aliphatic rings. The van der Waals surface area contributed by atoms with Crippen LogP contribution in [-0.2, 0) is 16.0 Å². The maximum Gasteiger partial charge on any atom is 0.231 e. The van der Waals surface area contributed by atoms with Crippen molar-refractivity contribution in [2.75, 3.05) is 14.2 Å². The molecule has 1 atom stereocenters. The van der Waals surface area contributed by atoms with Gasteiger partial charge in [0.05, 0.1) is 26.7 Å². The van der Waals surface area contributed by atoms with E-state index >= 15 is 0 Å². The first-order valence-electron chi connectivity index (χ1n) is 8.61. The molecule has 1 unspecified atom stereocenters. The fourth-order valence-corrected chi connectivity index (χ4v) is 3.82. The number of halogens is 2. The van der Waals surface area contributed by atoms with Crippen LogP contribution in [0.25, 0.3) is 0 Å². The van der Waals surface area contributed by atoms with Crippen LogP contribution in [0.3, 0.4) is 0 Å². The number of carbonyl (C=O) groups excluding carboxylic acids is 2. The van der Waals surface area contributed by atoms with Crippen LogP contribution in [0.2, 0.25) is 5.02 Å². The lowest BCUT2D eigenvalue weighted by molar-refractivity contribution is -0.131. The quantitative estimate of drug-likeness (QED) is 0.642. The highest BCUT2D eigenvalue weighted by Gasteiger charge is 2.29. The molecule has 0 aliphatic carbocycles. The second kappa shape index (κ2) is 8.80. The highest BCUT2D eigenvalue weighted by Crippen LogP contribution is 2.35. The number of amides is 1. The molecule has 7 heteroatoms. The number of carbonyl (C=O) groups is 2. The predicted octanol–water partition coefficient (Wildman–Crippen LogP) is 4.72. The summed E-state index contributed by atoms with van der Waals surface area (Å²) in [5.41, 5.74) is 1.59. The Morgan fingerprint density at radius 3 is 2.61 bits per heavy atom. The smallest absolute Gasteiger partial charge is 0.231 e. The molecular weight excluding hydrogens is 446 g/mol. The molecule has 0 radical (unpaired) electrons. The van der Waals surface area contributed by atoms with Crippen molar-refractivity contribution in [3.05, 3.63) is 69.3 Å². The van der Waals surface area contributed by atoms with Gasteiger partial charge in [0, 0.05) is 22.1 Å². The van der Waals surface area contributed by atoms with Crippen molar-refractivity contribution in [1.82, 2.24) is 4.90 Å². The van der Waals surface area contributed by atoms with Gasteiger partial charge in [-0.1, -0.05) is 39.7 Å². The molecule has 28 heavy (non-hydrogen) atoms. The number of hydrogen-bond donors (Lipinski definition) is 0. The van der Waals surface area contributed by atoms with Crippen molar-refractivity contribution in [2.45, 2.75) is 18.9 Å². The molecule has 1 amide bonds. The summed E-state index contributed by atoms with van der Waals surface area (Å²) in [6.45, 7) is 0. The van der Waals surface area contributed by atoms with Crippen LogP contribution in [0.15, 0.2) is 53.1 Å². The summed E-state index contributed by atoms with van der Waals surface area (Å²) in [4.78, 5) is 26.7. The first kappa shape index (κ1) is 20.4. The Kier molecular flexibility index (Phi) is 6.42. The van der Waals surface area contributed by atoms with Crippen molar-refractivity contribution >= 4 is 39.2 Å². The van der Waals surface area contributed by atoms with Crippen molar-refractivity contribution < 1.29 is 19.1 Å². The van der Waals surface area contributed by atoms with Crippen molar-refractivity contribution in [3.8, 4) is 11.5 Å². The van der Waals surface area contributed by atoms with E-state index in [1.807, 2.05) is 12.1 Å². The summed E-state index contributed by atoms with van der Waals surface area (Å²) in [6, 6.07) is 10.4. The molecule has 1 aliphatic heterocycles. The standard InChI is InChI=1S/C21H19BrClNO4/c1-27-19-9-14(17(22)12-20(19)28-2)10-21(26)24-7-6-16(25)11-18(24)13-4-3-5-15(23)8-13/h3-9,12,18H,10-11H2,1-2H3. The number of hydrogen-bond acceptors (Lipinski definition) is 4. The van der Waals surface area contributed by atoms with Gasteiger partial charge in [-0.05, 0) is 41.5 Å². The lowest BCUT2D eigenvalue weighted by Crippen LogP contribution is -2.35. The second-order valence-corrected chi connectivity index (χ2v) is 7.62. The van der Waals surface area contributed by atoms with E-state index in [2.05, 4.69) is 15.9 Å². The van der Waals surface area contributed by atoms with Crippen molar-refractivity contribution in [2.24, 2.45) is 0 Å². The van der Waals surface area contributed by atoms with Crippen LogP contribution in [0, 0.1) is 0 Å². The molecule has 0 bridgehead atoms. The van der Waals surface area contributed by atoms with E-state index in [4.69, 9.17) is 21.1 Å². The van der Waals surface area contributed by atoms with E-state index < -0.39 is 0 Å². The third kappa shape index (κ3) is 4.39. The maximum atomic E-state index is 13.1. The summed E-state index contributed by atoms with van der Waals surface area (Å²) in [7, 11) is 3.10. The molecule has 0 saturated carbocycles. The second-order valence-electron chi connectivity index (χ2n) is 6.33. The third-order valence-electron chi connectivity index (χ3n) is 4.57. The molecule has 2 aromatic carbocycles. The van der Waals surface area contributed by atoms with Crippen LogP contribution in [0.5, 0.6) is 11.5 Å². The van der Waals surface area contributed by atoms with Crippen LogP contribution >= 0.6 is 27.5 Å². The Labute approximate surface area is 177 Å². The predicted molar refractivity (Wildman–Crippen MR) is 111 cm³/mol. The largest absolute Gasteiger partial charge is 0.493 e. The summed E-state index contributed by atoms with van der Waals surface area (Å²) in [5.74, 6) is 0.957. The van der Waals surface area contributed by atoms with Crippen LogP contribution < -0.4 is 9.47 Å². The summed E-state index contributed by atoms with van der Waals surface area (Å²) >= 11 is 9.59. The number of ether oxygens (including phenoxy) is 2. The van der Waals surface area contributed by atoms with Gasteiger partial charge in [-0.25, -0.2) is 0 Å². The minimum Gasteiger partial charge on any atom is -0.493 e.